The highest BCUT2D eigenvalue weighted by atomic mass is 19.1. The predicted octanol–water partition coefficient (Wildman–Crippen LogP) is 4.91. The molecule has 1 aliphatic heterocycles. The zero-order valence-corrected chi connectivity index (χ0v) is 18.6. The summed E-state index contributed by atoms with van der Waals surface area (Å²) in [4.78, 5) is 12.1. The van der Waals surface area contributed by atoms with Crippen molar-refractivity contribution in [3.63, 3.8) is 0 Å². The van der Waals surface area contributed by atoms with E-state index >= 15 is 0 Å². The number of halogens is 1. The van der Waals surface area contributed by atoms with Crippen molar-refractivity contribution in [3.05, 3.63) is 59.7 Å². The van der Waals surface area contributed by atoms with E-state index in [4.69, 9.17) is 10.5 Å². The minimum atomic E-state index is -0.472. The molecule has 1 amide bonds. The van der Waals surface area contributed by atoms with E-state index in [2.05, 4.69) is 26.9 Å². The molecule has 6 nitrogen and oxygen atoms in total. The van der Waals surface area contributed by atoms with Crippen molar-refractivity contribution in [1.82, 2.24) is 14.8 Å². The molecule has 2 aromatic carbocycles. The average molecular weight is 447 g/mol. The normalized spacial score (nSPS) is 23.8. The molecule has 33 heavy (non-hydrogen) atoms. The Morgan fingerprint density at radius 2 is 1.91 bits per heavy atom. The van der Waals surface area contributed by atoms with Gasteiger partial charge in [0.15, 0.2) is 0 Å². The molecule has 1 saturated carbocycles. The fourth-order valence-corrected chi connectivity index (χ4v) is 5.87. The van der Waals surface area contributed by atoms with Crippen LogP contribution >= 0.6 is 0 Å². The second kappa shape index (κ2) is 7.42. The molecule has 6 rings (SSSR count). The lowest BCUT2D eigenvalue weighted by Gasteiger charge is -2.44. The first-order valence-electron chi connectivity index (χ1n) is 11.6. The monoisotopic (exact) mass is 446 g/mol. The summed E-state index contributed by atoms with van der Waals surface area (Å²) in [5, 5.41) is 9.52. The van der Waals surface area contributed by atoms with Gasteiger partial charge in [0.25, 0.3) is 0 Å². The number of hydrogen-bond acceptors (Lipinski definition) is 3. The molecule has 1 saturated heterocycles. The van der Waals surface area contributed by atoms with Crippen LogP contribution in [0.25, 0.3) is 27.5 Å². The smallest absolute Gasteiger partial charge is 0.223 e. The quantitative estimate of drug-likeness (QED) is 0.467. The average Bonchev–Trinajstić information content (AvgIpc) is 3.38. The maximum Gasteiger partial charge on any atom is 0.223 e. The maximum absolute atomic E-state index is 13.8. The number of nitrogens with one attached hydrogen (secondary N) is 1. The fraction of sp³-hybridized carbons (Fsp3) is 0.385. The molecule has 0 unspecified atom stereocenters. The summed E-state index contributed by atoms with van der Waals surface area (Å²) in [6.45, 7) is 3.42. The molecule has 3 N–H and O–H groups in total. The van der Waals surface area contributed by atoms with E-state index in [1.54, 1.807) is 0 Å². The number of H-pyrrole nitrogens is 1. The minimum Gasteiger partial charge on any atom is -0.381 e. The lowest BCUT2D eigenvalue weighted by Crippen LogP contribution is -2.44. The molecule has 7 heteroatoms. The van der Waals surface area contributed by atoms with Crippen molar-refractivity contribution >= 4 is 27.7 Å². The number of amides is 1. The van der Waals surface area contributed by atoms with Crippen LogP contribution in [-0.2, 0) is 9.53 Å². The van der Waals surface area contributed by atoms with Crippen LogP contribution in [0.15, 0.2) is 42.6 Å². The molecular formula is C26H27FN4O2. The van der Waals surface area contributed by atoms with Gasteiger partial charge in [-0.1, -0.05) is 6.92 Å². The van der Waals surface area contributed by atoms with Crippen LogP contribution in [0.4, 0.5) is 4.39 Å². The summed E-state index contributed by atoms with van der Waals surface area (Å²) in [6, 6.07) is 11.0. The highest BCUT2D eigenvalue weighted by Crippen LogP contribution is 2.55. The van der Waals surface area contributed by atoms with Gasteiger partial charge in [-0.2, -0.15) is 5.10 Å². The van der Waals surface area contributed by atoms with E-state index < -0.39 is 5.41 Å². The molecule has 0 radical (unpaired) electrons. The van der Waals surface area contributed by atoms with E-state index in [1.807, 2.05) is 25.3 Å². The Balaban J connectivity index is 1.64. The zero-order valence-electron chi connectivity index (χ0n) is 18.6. The van der Waals surface area contributed by atoms with Crippen LogP contribution in [-0.4, -0.2) is 33.9 Å². The maximum atomic E-state index is 13.8. The number of ether oxygens (including phenoxy) is 1. The summed E-state index contributed by atoms with van der Waals surface area (Å²) in [5.41, 5.74) is 10.8. The van der Waals surface area contributed by atoms with E-state index in [0.29, 0.717) is 5.92 Å². The topological polar surface area (TPSA) is 85.9 Å². The second-order valence-electron chi connectivity index (χ2n) is 9.85. The summed E-state index contributed by atoms with van der Waals surface area (Å²) in [7, 11) is 0. The second-order valence-corrected chi connectivity index (χ2v) is 9.85. The van der Waals surface area contributed by atoms with Crippen molar-refractivity contribution in [3.8, 4) is 5.69 Å². The third kappa shape index (κ3) is 3.17. The number of primary amides is 1. The van der Waals surface area contributed by atoms with Gasteiger partial charge in [-0.05, 0) is 73.6 Å². The molecule has 3 heterocycles. The van der Waals surface area contributed by atoms with Gasteiger partial charge in [0.05, 0.1) is 17.2 Å². The van der Waals surface area contributed by atoms with Gasteiger partial charge in [-0.3, -0.25) is 9.89 Å². The van der Waals surface area contributed by atoms with Crippen LogP contribution in [0.1, 0.15) is 55.7 Å². The van der Waals surface area contributed by atoms with Crippen molar-refractivity contribution in [2.45, 2.75) is 44.4 Å². The van der Waals surface area contributed by atoms with Crippen LogP contribution in [0.5, 0.6) is 0 Å². The molecule has 0 atom stereocenters. The van der Waals surface area contributed by atoms with E-state index in [0.717, 1.165) is 66.4 Å². The van der Waals surface area contributed by atoms with Gasteiger partial charge < -0.3 is 15.0 Å². The van der Waals surface area contributed by atoms with Crippen molar-refractivity contribution in [2.75, 3.05) is 13.2 Å². The molecule has 2 fully saturated rings. The van der Waals surface area contributed by atoms with Crippen molar-refractivity contribution < 1.29 is 13.9 Å². The highest BCUT2D eigenvalue weighted by Gasteiger charge is 2.47. The summed E-state index contributed by atoms with van der Waals surface area (Å²) in [6.07, 6.45) is 5.18. The largest absolute Gasteiger partial charge is 0.381 e. The highest BCUT2D eigenvalue weighted by molar-refractivity contribution is 5.99. The Hall–Kier alpha value is -3.19. The van der Waals surface area contributed by atoms with Crippen LogP contribution < -0.4 is 5.73 Å². The van der Waals surface area contributed by atoms with Gasteiger partial charge >= 0.3 is 0 Å². The zero-order chi connectivity index (χ0) is 22.7. The summed E-state index contributed by atoms with van der Waals surface area (Å²) in [5.74, 6) is 0.0779. The first kappa shape index (κ1) is 20.4. The molecule has 2 aliphatic rings. The molecule has 4 aromatic rings. The van der Waals surface area contributed by atoms with Gasteiger partial charge in [-0.25, -0.2) is 4.39 Å². The number of carbonyl (C=O) groups is 1. The number of benzene rings is 2. The number of nitrogens with two attached hydrogens (primary N) is 1. The molecule has 170 valence electrons. The Kier molecular flexibility index (Phi) is 4.59. The lowest BCUT2D eigenvalue weighted by molar-refractivity contribution is -0.132. The number of aromatic amines is 1. The van der Waals surface area contributed by atoms with Gasteiger partial charge in [0.1, 0.15) is 5.82 Å². The van der Waals surface area contributed by atoms with Crippen molar-refractivity contribution in [2.24, 2.45) is 11.1 Å². The van der Waals surface area contributed by atoms with Gasteiger partial charge in [0.2, 0.25) is 5.91 Å². The predicted molar refractivity (Wildman–Crippen MR) is 125 cm³/mol. The van der Waals surface area contributed by atoms with E-state index in [9.17, 15) is 9.18 Å². The van der Waals surface area contributed by atoms with Crippen LogP contribution in [0.3, 0.4) is 0 Å². The van der Waals surface area contributed by atoms with Crippen LogP contribution in [0, 0.1) is 11.2 Å². The number of hydrogen-bond donors (Lipinski definition) is 2. The Labute approximate surface area is 190 Å². The fourth-order valence-electron chi connectivity index (χ4n) is 5.87. The van der Waals surface area contributed by atoms with Crippen LogP contribution in [0.2, 0.25) is 0 Å². The standard InChI is InChI=1S/C26H27FN4O2/c1-26(25(28)32)12-17(13-26)23-20-11-21-16(14-29-30-21)10-22(20)31(19-4-2-18(27)3-5-19)24(23)15-6-8-33-9-7-15/h2-5,10-11,14-15,17H,6-9,12-13H2,1H3,(H2,28,32)(H,29,30)/t17-,26-. The first-order chi connectivity index (χ1) is 15.9. The summed E-state index contributed by atoms with van der Waals surface area (Å²) >= 11 is 0. The Bertz CT molecular complexity index is 1360. The summed E-state index contributed by atoms with van der Waals surface area (Å²) < 4.78 is 21.8. The molecular weight excluding hydrogens is 419 g/mol. The van der Waals surface area contributed by atoms with Crippen molar-refractivity contribution in [1.29, 1.82) is 0 Å². The molecule has 1 aliphatic carbocycles. The first-order valence-corrected chi connectivity index (χ1v) is 11.6. The third-order valence-electron chi connectivity index (χ3n) is 7.69. The number of nitrogens with zero attached hydrogens (tertiary/aromatic N) is 2. The number of carbonyl (C=O) groups excluding carboxylic acids is 1. The molecule has 2 aromatic heterocycles. The third-order valence-corrected chi connectivity index (χ3v) is 7.69. The number of rotatable bonds is 4. The minimum absolute atomic E-state index is 0.232. The SMILES string of the molecule is C[C@]1(C(N)=O)C[C@H](c2c(C3CCOCC3)n(-c3ccc(F)cc3)c3cc4cn[nH]c4cc32)C1. The van der Waals surface area contributed by atoms with E-state index in [1.165, 1.54) is 23.4 Å². The van der Waals surface area contributed by atoms with Gasteiger partial charge in [0, 0.05) is 46.7 Å². The number of fused-ring (bicyclic) bond motifs is 2. The Morgan fingerprint density at radius 1 is 1.18 bits per heavy atom. The molecule has 0 spiro atoms. The molecule has 0 bridgehead atoms. The Morgan fingerprint density at radius 3 is 2.61 bits per heavy atom. The number of aromatic nitrogens is 3. The lowest BCUT2D eigenvalue weighted by atomic mass is 9.60. The van der Waals surface area contributed by atoms with Gasteiger partial charge in [-0.15, -0.1) is 0 Å². The van der Waals surface area contributed by atoms with E-state index in [-0.39, 0.29) is 17.6 Å².